The molecule has 104 valence electrons. The Labute approximate surface area is 111 Å². The van der Waals surface area contributed by atoms with E-state index in [2.05, 4.69) is 5.16 Å². The highest BCUT2D eigenvalue weighted by Crippen LogP contribution is 2.10. The molecule has 0 spiro atoms. The van der Waals surface area contributed by atoms with Crippen LogP contribution in [-0.2, 0) is 6.61 Å². The van der Waals surface area contributed by atoms with E-state index in [0.717, 1.165) is 17.2 Å². The van der Waals surface area contributed by atoms with Gasteiger partial charge in [-0.05, 0) is 17.3 Å². The number of hydrogen-bond acceptors (Lipinski definition) is 6. The first-order valence-electron chi connectivity index (χ1n) is 5.11. The van der Waals surface area contributed by atoms with Gasteiger partial charge in [0, 0.05) is 6.92 Å². The molecule has 0 atom stereocenters. The van der Waals surface area contributed by atoms with E-state index < -0.39 is 10.2 Å². The van der Waals surface area contributed by atoms with E-state index >= 15 is 0 Å². The summed E-state index contributed by atoms with van der Waals surface area (Å²) in [6.07, 6.45) is 0. The van der Waals surface area contributed by atoms with Crippen molar-refractivity contribution in [1.82, 2.24) is 0 Å². The lowest BCUT2D eigenvalue weighted by Crippen LogP contribution is -2.68. The van der Waals surface area contributed by atoms with Crippen LogP contribution in [-0.4, -0.2) is 0 Å². The molecule has 0 fully saturated rings. The van der Waals surface area contributed by atoms with Crippen LogP contribution in [0.3, 0.4) is 0 Å². The first kappa shape index (κ1) is 15.4. The monoisotopic (exact) mass is 289 g/mol. The topological polar surface area (TPSA) is 129 Å². The molecular weight excluding hydrogens is 278 g/mol. The van der Waals surface area contributed by atoms with Gasteiger partial charge in [0.1, 0.15) is 5.75 Å². The molecule has 19 heavy (non-hydrogen) atoms. The van der Waals surface area contributed by atoms with Gasteiger partial charge in [0.25, 0.3) is 5.69 Å². The summed E-state index contributed by atoms with van der Waals surface area (Å²) >= 11 is 0. The standard InChI is InChI=1S/C11H11NO2.ClHO4/c1-9-7-10(12-14-9)8-13-11-5-3-2-4-6-11;2-1(3,4)5/h2-7H,8H2,1H3;(H,2,3,4,5). The minimum absolute atomic E-state index is 0.501. The van der Waals surface area contributed by atoms with Gasteiger partial charge in [-0.25, -0.2) is 23.2 Å². The zero-order valence-electron chi connectivity index (χ0n) is 10.00. The minimum Gasteiger partial charge on any atom is -0.482 e. The van der Waals surface area contributed by atoms with Crippen molar-refractivity contribution in [1.29, 1.82) is 0 Å². The maximum atomic E-state index is 8.49. The molecule has 1 heterocycles. The lowest BCUT2D eigenvalue weighted by atomic mass is 10.3. The summed E-state index contributed by atoms with van der Waals surface area (Å²) in [5.74, 6) is 1.72. The van der Waals surface area contributed by atoms with Gasteiger partial charge in [-0.2, -0.15) is 0 Å². The third-order valence-corrected chi connectivity index (χ3v) is 1.86. The predicted molar refractivity (Wildman–Crippen MR) is 50.8 cm³/mol. The first-order chi connectivity index (χ1) is 8.84. The Hall–Kier alpha value is -1.64. The summed E-state index contributed by atoms with van der Waals surface area (Å²) in [5, 5.41) is 2.78. The number of H-pyrrole nitrogens is 1. The Morgan fingerprint density at radius 3 is 2.21 bits per heavy atom. The number of para-hydroxylation sites is 1. The Bertz CT molecular complexity index is 475. The molecule has 0 saturated carbocycles. The summed E-state index contributed by atoms with van der Waals surface area (Å²) in [6, 6.07) is 11.6. The van der Waals surface area contributed by atoms with Crippen LogP contribution in [0.1, 0.15) is 11.5 Å². The fourth-order valence-electron chi connectivity index (χ4n) is 1.20. The highest BCUT2D eigenvalue weighted by Gasteiger charge is 2.06. The van der Waals surface area contributed by atoms with Crippen molar-refractivity contribution < 1.29 is 43.3 Å². The van der Waals surface area contributed by atoms with E-state index in [1.54, 1.807) is 0 Å². The molecule has 2 rings (SSSR count). The molecule has 7 nitrogen and oxygen atoms in total. The fourth-order valence-corrected chi connectivity index (χ4v) is 1.20. The second-order valence-electron chi connectivity index (χ2n) is 3.46. The number of hydrogen-bond donors (Lipinski definition) is 0. The van der Waals surface area contributed by atoms with Crippen molar-refractivity contribution >= 4 is 0 Å². The Morgan fingerprint density at radius 2 is 1.74 bits per heavy atom. The predicted octanol–water partition coefficient (Wildman–Crippen LogP) is -2.77. The maximum Gasteiger partial charge on any atom is 0.266 e. The molecule has 0 amide bonds. The third kappa shape index (κ3) is 8.14. The van der Waals surface area contributed by atoms with Gasteiger partial charge >= 0.3 is 0 Å². The second-order valence-corrected chi connectivity index (χ2v) is 4.22. The van der Waals surface area contributed by atoms with E-state index in [-0.39, 0.29) is 0 Å². The van der Waals surface area contributed by atoms with E-state index in [9.17, 15) is 0 Å². The lowest BCUT2D eigenvalue weighted by molar-refractivity contribution is -2.00. The van der Waals surface area contributed by atoms with Crippen molar-refractivity contribution in [3.05, 3.63) is 47.9 Å². The molecule has 0 bridgehead atoms. The molecule has 0 radical (unpaired) electrons. The zero-order chi connectivity index (χ0) is 14.3. The smallest absolute Gasteiger partial charge is 0.266 e. The number of aromatic amines is 1. The van der Waals surface area contributed by atoms with E-state index in [4.69, 9.17) is 27.9 Å². The van der Waals surface area contributed by atoms with Crippen molar-refractivity contribution in [3.8, 4) is 5.75 Å². The average molecular weight is 290 g/mol. The van der Waals surface area contributed by atoms with Crippen LogP contribution in [0.2, 0.25) is 0 Å². The Morgan fingerprint density at radius 1 is 1.16 bits per heavy atom. The third-order valence-electron chi connectivity index (χ3n) is 1.86. The molecule has 0 aliphatic heterocycles. The normalized spacial score (nSPS) is 10.6. The number of nitrogens with one attached hydrogen (secondary N) is 1. The molecule has 2 aromatic rings. The van der Waals surface area contributed by atoms with Crippen molar-refractivity contribution in [3.63, 3.8) is 0 Å². The van der Waals surface area contributed by atoms with Gasteiger partial charge in [0.2, 0.25) is 0 Å². The SMILES string of the molecule is Cc1cc(COc2ccccc2)[nH+]o1.[O-][Cl+3]([O-])([O-])[O-]. The summed E-state index contributed by atoms with van der Waals surface area (Å²) in [6.45, 7) is 2.39. The van der Waals surface area contributed by atoms with Gasteiger partial charge in [-0.3, -0.25) is 0 Å². The van der Waals surface area contributed by atoms with Crippen LogP contribution in [0.5, 0.6) is 5.75 Å². The Balaban J connectivity index is 0.000000312. The largest absolute Gasteiger partial charge is 0.482 e. The van der Waals surface area contributed by atoms with E-state index in [1.165, 1.54) is 0 Å². The number of benzene rings is 1. The molecule has 1 aromatic heterocycles. The highest BCUT2D eigenvalue weighted by molar-refractivity contribution is 5.21. The molecule has 8 heteroatoms. The molecule has 0 aliphatic rings. The number of halogens is 1. The van der Waals surface area contributed by atoms with Crippen LogP contribution in [0.15, 0.2) is 40.9 Å². The molecule has 0 aliphatic carbocycles. The first-order valence-corrected chi connectivity index (χ1v) is 6.34. The van der Waals surface area contributed by atoms with Crippen molar-refractivity contribution in [2.24, 2.45) is 0 Å². The van der Waals surface area contributed by atoms with E-state index in [1.807, 2.05) is 43.3 Å². The maximum absolute atomic E-state index is 8.49. The zero-order valence-corrected chi connectivity index (χ0v) is 10.8. The molecule has 1 N–H and O–H groups in total. The van der Waals surface area contributed by atoms with Crippen LogP contribution in [0.25, 0.3) is 0 Å². The van der Waals surface area contributed by atoms with Crippen LogP contribution >= 0.6 is 0 Å². The van der Waals surface area contributed by atoms with Crippen LogP contribution < -0.4 is 28.5 Å². The van der Waals surface area contributed by atoms with Gasteiger partial charge in [0.15, 0.2) is 12.4 Å². The van der Waals surface area contributed by atoms with Crippen molar-refractivity contribution in [2.45, 2.75) is 13.5 Å². The molecule has 0 unspecified atom stereocenters. The number of aromatic nitrogens is 1. The Kier molecular flexibility index (Phi) is 5.74. The summed E-state index contributed by atoms with van der Waals surface area (Å²) < 4.78 is 44.5. The van der Waals surface area contributed by atoms with Crippen LogP contribution in [0, 0.1) is 17.2 Å². The van der Waals surface area contributed by atoms with Gasteiger partial charge in [-0.15, -0.1) is 10.2 Å². The number of rotatable bonds is 3. The summed E-state index contributed by atoms with van der Waals surface area (Å²) in [7, 11) is -4.94. The lowest BCUT2D eigenvalue weighted by Gasteiger charge is -2.17. The van der Waals surface area contributed by atoms with Gasteiger partial charge < -0.3 is 4.74 Å². The van der Waals surface area contributed by atoms with Gasteiger partial charge in [0.05, 0.1) is 6.07 Å². The van der Waals surface area contributed by atoms with E-state index in [0.29, 0.717) is 6.61 Å². The second kappa shape index (κ2) is 7.07. The highest BCUT2D eigenvalue weighted by atomic mass is 35.7. The molecular formula is C11H12ClNO6. The fraction of sp³-hybridized carbons (Fsp3) is 0.182. The van der Waals surface area contributed by atoms with Crippen LogP contribution in [0.4, 0.5) is 0 Å². The number of ether oxygens (including phenoxy) is 1. The van der Waals surface area contributed by atoms with Gasteiger partial charge in [-0.1, -0.05) is 18.2 Å². The minimum atomic E-state index is -4.94. The average Bonchev–Trinajstić information content (AvgIpc) is 2.72. The molecule has 0 saturated heterocycles. The van der Waals surface area contributed by atoms with Crippen molar-refractivity contribution in [2.75, 3.05) is 0 Å². The quantitative estimate of drug-likeness (QED) is 0.601. The summed E-state index contributed by atoms with van der Waals surface area (Å²) in [5.41, 5.74) is 0.936. The summed E-state index contributed by atoms with van der Waals surface area (Å²) in [4.78, 5) is 0. The molecule has 1 aromatic carbocycles. The number of aryl methyl sites for hydroxylation is 1.